The maximum absolute atomic E-state index is 6.27. The van der Waals surface area contributed by atoms with Crippen molar-refractivity contribution in [3.8, 4) is 0 Å². The molecule has 3 rings (SSSR count). The van der Waals surface area contributed by atoms with E-state index in [9.17, 15) is 0 Å². The highest BCUT2D eigenvalue weighted by Gasteiger charge is 2.42. The van der Waals surface area contributed by atoms with Gasteiger partial charge in [0, 0.05) is 0 Å². The molecule has 1 saturated heterocycles. The van der Waals surface area contributed by atoms with Crippen LogP contribution in [-0.2, 0) is 16.5 Å². The van der Waals surface area contributed by atoms with Crippen LogP contribution in [0.4, 0.5) is 0 Å². The van der Waals surface area contributed by atoms with Gasteiger partial charge in [-0.1, -0.05) is 60.7 Å². The number of hydrogen-bond acceptors (Lipinski definition) is 4. The molecular formula is C12H16O4Si4. The highest BCUT2D eigenvalue weighted by Crippen LogP contribution is 2.10. The Morgan fingerprint density at radius 2 is 1.05 bits per heavy atom. The van der Waals surface area contributed by atoms with Crippen LogP contribution in [0.3, 0.4) is 0 Å². The summed E-state index contributed by atoms with van der Waals surface area (Å²) < 4.78 is 23.7. The Hall–Kier alpha value is -0.852. The van der Waals surface area contributed by atoms with Gasteiger partial charge < -0.3 is 16.5 Å². The van der Waals surface area contributed by atoms with E-state index < -0.39 is 38.6 Å². The van der Waals surface area contributed by atoms with E-state index in [0.29, 0.717) is 0 Å². The van der Waals surface area contributed by atoms with E-state index in [1.165, 1.54) is 0 Å². The molecule has 104 valence electrons. The lowest BCUT2D eigenvalue weighted by atomic mass is 10.4. The molecule has 0 unspecified atom stereocenters. The minimum absolute atomic E-state index is 0.861. The molecule has 1 aliphatic rings. The lowest BCUT2D eigenvalue weighted by Gasteiger charge is -2.33. The minimum Gasteiger partial charge on any atom is -0.425 e. The van der Waals surface area contributed by atoms with Crippen molar-refractivity contribution in [3.63, 3.8) is 0 Å². The Labute approximate surface area is 126 Å². The van der Waals surface area contributed by atoms with Gasteiger partial charge in [0.1, 0.15) is 0 Å². The maximum atomic E-state index is 6.27. The van der Waals surface area contributed by atoms with Crippen LogP contribution < -0.4 is 10.4 Å². The molecule has 1 fully saturated rings. The van der Waals surface area contributed by atoms with Gasteiger partial charge in [-0.05, 0) is 10.4 Å². The van der Waals surface area contributed by atoms with Crippen molar-refractivity contribution in [1.29, 1.82) is 0 Å². The Bertz CT molecular complexity index is 490. The zero-order valence-corrected chi connectivity index (χ0v) is 16.3. The maximum Gasteiger partial charge on any atom is 0.388 e. The van der Waals surface area contributed by atoms with Gasteiger partial charge in [0.15, 0.2) is 0 Å². The van der Waals surface area contributed by atoms with E-state index in [-0.39, 0.29) is 0 Å². The molecule has 2 aromatic rings. The fourth-order valence-electron chi connectivity index (χ4n) is 2.23. The third kappa shape index (κ3) is 2.92. The van der Waals surface area contributed by atoms with Crippen molar-refractivity contribution >= 4 is 49.0 Å². The summed E-state index contributed by atoms with van der Waals surface area (Å²) in [7, 11) is -5.57. The average molecular weight is 337 g/mol. The molecule has 0 bridgehead atoms. The van der Waals surface area contributed by atoms with E-state index in [1.807, 2.05) is 36.4 Å². The molecule has 0 N–H and O–H groups in total. The molecule has 0 atom stereocenters. The molecule has 0 spiro atoms. The second kappa shape index (κ2) is 6.74. The fourth-order valence-corrected chi connectivity index (χ4v) is 13.1. The van der Waals surface area contributed by atoms with E-state index >= 15 is 0 Å². The van der Waals surface area contributed by atoms with E-state index in [0.717, 1.165) is 10.4 Å². The quantitative estimate of drug-likeness (QED) is 0.614. The first kappa shape index (κ1) is 14.1. The van der Waals surface area contributed by atoms with Crippen molar-refractivity contribution in [1.82, 2.24) is 0 Å². The lowest BCUT2D eigenvalue weighted by molar-refractivity contribution is 0.325. The molecule has 1 heterocycles. The molecule has 0 amide bonds. The Morgan fingerprint density at radius 1 is 0.600 bits per heavy atom. The monoisotopic (exact) mass is 336 g/mol. The summed E-state index contributed by atoms with van der Waals surface area (Å²) >= 11 is 0. The molecule has 8 heteroatoms. The van der Waals surface area contributed by atoms with Gasteiger partial charge in [-0.3, -0.25) is 0 Å². The topological polar surface area (TPSA) is 36.9 Å². The highest BCUT2D eigenvalue weighted by atomic mass is 28.5. The second-order valence-corrected chi connectivity index (χ2v) is 13.1. The highest BCUT2D eigenvalue weighted by molar-refractivity contribution is 6.96. The molecule has 20 heavy (non-hydrogen) atoms. The van der Waals surface area contributed by atoms with Gasteiger partial charge in [0.05, 0.1) is 0 Å². The third-order valence-corrected chi connectivity index (χ3v) is 12.2. The standard InChI is InChI=1S/C12H16O4Si4/c1-3-7-11(8-4-1)20(12-9-5-2-6-10-12)15-18-13-17-14-19-16-20/h1-10H,17-19H2. The van der Waals surface area contributed by atoms with Crippen LogP contribution in [-0.4, -0.2) is 38.6 Å². The van der Waals surface area contributed by atoms with Crippen molar-refractivity contribution in [2.45, 2.75) is 0 Å². The zero-order chi connectivity index (χ0) is 13.7. The molecule has 0 aliphatic carbocycles. The summed E-state index contributed by atoms with van der Waals surface area (Å²) in [6, 6.07) is 20.5. The van der Waals surface area contributed by atoms with Crippen LogP contribution >= 0.6 is 0 Å². The first-order valence-electron chi connectivity index (χ1n) is 6.46. The van der Waals surface area contributed by atoms with E-state index in [2.05, 4.69) is 24.3 Å². The summed E-state index contributed by atoms with van der Waals surface area (Å²) in [5, 5.41) is 2.25. The first-order chi connectivity index (χ1) is 9.92. The van der Waals surface area contributed by atoms with Gasteiger partial charge in [0.2, 0.25) is 0 Å². The molecule has 4 nitrogen and oxygen atoms in total. The second-order valence-electron chi connectivity index (χ2n) is 4.40. The molecule has 2 aromatic carbocycles. The summed E-state index contributed by atoms with van der Waals surface area (Å²) in [5.74, 6) is 0. The van der Waals surface area contributed by atoms with Crippen LogP contribution in [0.1, 0.15) is 0 Å². The van der Waals surface area contributed by atoms with Crippen molar-refractivity contribution in [3.05, 3.63) is 60.7 Å². The predicted octanol–water partition coefficient (Wildman–Crippen LogP) is -1.68. The SMILES string of the molecule is c1ccc([Si]2(c3ccccc3)O[SiH2]O[SiH2]O[SiH2]O2)cc1. The molecular weight excluding hydrogens is 320 g/mol. The lowest BCUT2D eigenvalue weighted by Crippen LogP contribution is -2.65. The number of hydrogen-bond donors (Lipinski definition) is 0. The Kier molecular flexibility index (Phi) is 4.75. The fraction of sp³-hybridized carbons (Fsp3) is 0. The summed E-state index contributed by atoms with van der Waals surface area (Å²) in [5.41, 5.74) is 0. The normalized spacial score (nSPS) is 22.6. The van der Waals surface area contributed by atoms with Gasteiger partial charge in [-0.2, -0.15) is 0 Å². The third-order valence-electron chi connectivity index (χ3n) is 3.17. The first-order valence-corrected chi connectivity index (χ1v) is 11.7. The molecule has 0 saturated carbocycles. The molecule has 0 aromatic heterocycles. The van der Waals surface area contributed by atoms with Crippen LogP contribution in [0.15, 0.2) is 60.7 Å². The largest absolute Gasteiger partial charge is 0.425 e. The predicted molar refractivity (Wildman–Crippen MR) is 87.9 cm³/mol. The molecule has 0 radical (unpaired) electrons. The van der Waals surface area contributed by atoms with E-state index in [4.69, 9.17) is 16.5 Å². The van der Waals surface area contributed by atoms with Gasteiger partial charge in [-0.15, -0.1) is 0 Å². The van der Waals surface area contributed by atoms with Crippen LogP contribution in [0.2, 0.25) is 0 Å². The van der Waals surface area contributed by atoms with Crippen molar-refractivity contribution < 1.29 is 16.5 Å². The van der Waals surface area contributed by atoms with E-state index in [1.54, 1.807) is 0 Å². The van der Waals surface area contributed by atoms with Crippen molar-refractivity contribution in [2.24, 2.45) is 0 Å². The number of benzene rings is 2. The summed E-state index contributed by atoms with van der Waals surface area (Å²) in [6.45, 7) is 0. The Balaban J connectivity index is 2.06. The van der Waals surface area contributed by atoms with Gasteiger partial charge in [0.25, 0.3) is 30.0 Å². The smallest absolute Gasteiger partial charge is 0.388 e. The number of rotatable bonds is 2. The summed E-state index contributed by atoms with van der Waals surface area (Å²) in [4.78, 5) is 0. The minimum atomic E-state index is -2.62. The van der Waals surface area contributed by atoms with Crippen LogP contribution in [0, 0.1) is 0 Å². The zero-order valence-electron chi connectivity index (χ0n) is 11.0. The summed E-state index contributed by atoms with van der Waals surface area (Å²) in [6.07, 6.45) is 0. The molecule has 1 aliphatic heterocycles. The van der Waals surface area contributed by atoms with Gasteiger partial charge >= 0.3 is 8.56 Å². The van der Waals surface area contributed by atoms with Gasteiger partial charge in [-0.25, -0.2) is 0 Å². The van der Waals surface area contributed by atoms with Crippen LogP contribution in [0.5, 0.6) is 0 Å². The Morgan fingerprint density at radius 3 is 1.50 bits per heavy atom. The van der Waals surface area contributed by atoms with Crippen molar-refractivity contribution in [2.75, 3.05) is 0 Å². The average Bonchev–Trinajstić information content (AvgIpc) is 2.49. The van der Waals surface area contributed by atoms with Crippen LogP contribution in [0.25, 0.3) is 0 Å².